The predicted octanol–water partition coefficient (Wildman–Crippen LogP) is 5.04. The second-order valence-electron chi connectivity index (χ2n) is 7.55. The summed E-state index contributed by atoms with van der Waals surface area (Å²) in [6.45, 7) is 1.54. The van der Waals surface area contributed by atoms with Gasteiger partial charge < -0.3 is 10.1 Å². The van der Waals surface area contributed by atoms with Crippen LogP contribution >= 0.6 is 27.5 Å². The van der Waals surface area contributed by atoms with E-state index in [2.05, 4.69) is 21.2 Å². The molecule has 3 aromatic rings. The van der Waals surface area contributed by atoms with E-state index >= 15 is 0 Å². The predicted molar refractivity (Wildman–Crippen MR) is 139 cm³/mol. The van der Waals surface area contributed by atoms with E-state index in [0.717, 1.165) is 14.3 Å². The van der Waals surface area contributed by atoms with E-state index in [1.54, 1.807) is 67.6 Å². The van der Waals surface area contributed by atoms with Crippen LogP contribution in [-0.4, -0.2) is 37.8 Å². The van der Waals surface area contributed by atoms with Crippen molar-refractivity contribution in [3.63, 3.8) is 0 Å². The van der Waals surface area contributed by atoms with Crippen molar-refractivity contribution in [3.8, 4) is 0 Å². The van der Waals surface area contributed by atoms with Gasteiger partial charge in [0.2, 0.25) is 15.9 Å². The topological polar surface area (TPSA) is 92.8 Å². The molecule has 0 bridgehead atoms. The third-order valence-corrected chi connectivity index (χ3v) is 7.67. The normalized spacial score (nSPS) is 11.3. The van der Waals surface area contributed by atoms with Gasteiger partial charge in [-0.1, -0.05) is 57.9 Å². The van der Waals surface area contributed by atoms with Crippen LogP contribution in [0.2, 0.25) is 5.02 Å². The summed E-state index contributed by atoms with van der Waals surface area (Å²) in [7, 11) is -4.00. The van der Waals surface area contributed by atoms with E-state index in [1.807, 2.05) is 0 Å². The number of anilines is 1. The first-order valence-corrected chi connectivity index (χ1v) is 13.3. The Labute approximate surface area is 218 Å². The smallest absolute Gasteiger partial charge is 0.310 e. The number of nitrogens with one attached hydrogen (secondary N) is 1. The number of benzene rings is 3. The number of amides is 1. The number of carbonyl (C=O) groups is 2. The highest BCUT2D eigenvalue weighted by molar-refractivity contribution is 9.10. The lowest BCUT2D eigenvalue weighted by Crippen LogP contribution is -2.37. The molecule has 3 rings (SSSR count). The van der Waals surface area contributed by atoms with Crippen LogP contribution in [0.15, 0.2) is 82.2 Å². The molecule has 7 nitrogen and oxygen atoms in total. The molecule has 0 saturated heterocycles. The molecular weight excluding hydrogens is 556 g/mol. The van der Waals surface area contributed by atoms with Crippen molar-refractivity contribution in [2.75, 3.05) is 18.5 Å². The van der Waals surface area contributed by atoms with Gasteiger partial charge in [-0.05, 0) is 60.5 Å². The highest BCUT2D eigenvalue weighted by Gasteiger charge is 2.27. The lowest BCUT2D eigenvalue weighted by Gasteiger charge is -2.22. The molecule has 1 N–H and O–H groups in total. The maximum absolute atomic E-state index is 13.4. The van der Waals surface area contributed by atoms with E-state index < -0.39 is 22.5 Å². The molecule has 0 saturated carbocycles. The molecule has 0 aromatic heterocycles. The van der Waals surface area contributed by atoms with Gasteiger partial charge >= 0.3 is 5.97 Å². The van der Waals surface area contributed by atoms with E-state index in [9.17, 15) is 18.0 Å². The number of esters is 1. The number of rotatable bonds is 10. The maximum Gasteiger partial charge on any atom is 0.310 e. The minimum Gasteiger partial charge on any atom is -0.466 e. The van der Waals surface area contributed by atoms with Gasteiger partial charge in [0.15, 0.2) is 0 Å². The van der Waals surface area contributed by atoms with Crippen LogP contribution in [0.1, 0.15) is 18.1 Å². The Morgan fingerprint density at radius 1 is 1.00 bits per heavy atom. The first kappa shape index (κ1) is 26.9. The van der Waals surface area contributed by atoms with Crippen LogP contribution < -0.4 is 5.32 Å². The zero-order valence-corrected chi connectivity index (χ0v) is 22.1. The number of hydrogen-bond acceptors (Lipinski definition) is 5. The molecule has 35 heavy (non-hydrogen) atoms. The van der Waals surface area contributed by atoms with Crippen molar-refractivity contribution in [1.29, 1.82) is 0 Å². The first-order valence-electron chi connectivity index (χ1n) is 10.7. The summed E-state index contributed by atoms with van der Waals surface area (Å²) >= 11 is 9.56. The zero-order chi connectivity index (χ0) is 25.4. The SMILES string of the molecule is CCOC(=O)Cc1ccc(NC(=O)CN(Cc2ccccc2Cl)S(=O)(=O)c2ccc(Br)cc2)cc1. The number of halogens is 2. The van der Waals surface area contributed by atoms with Crippen LogP contribution in [-0.2, 0) is 37.3 Å². The van der Waals surface area contributed by atoms with Crippen molar-refractivity contribution >= 4 is 55.1 Å². The summed E-state index contributed by atoms with van der Waals surface area (Å²) in [5.74, 6) is -0.853. The number of carbonyl (C=O) groups excluding carboxylic acids is 2. The Kier molecular flexibility index (Phi) is 9.45. The Bertz CT molecular complexity index is 1280. The van der Waals surface area contributed by atoms with E-state index in [-0.39, 0.29) is 23.8 Å². The van der Waals surface area contributed by atoms with Gasteiger partial charge in [0.05, 0.1) is 24.5 Å². The van der Waals surface area contributed by atoms with Gasteiger partial charge in [-0.25, -0.2) is 8.42 Å². The summed E-state index contributed by atoms with van der Waals surface area (Å²) in [5.41, 5.74) is 1.78. The number of nitrogens with zero attached hydrogens (tertiary/aromatic N) is 1. The van der Waals surface area contributed by atoms with E-state index in [0.29, 0.717) is 22.9 Å². The summed E-state index contributed by atoms with van der Waals surface area (Å²) in [6.07, 6.45) is 0.124. The molecule has 0 aliphatic carbocycles. The number of hydrogen-bond donors (Lipinski definition) is 1. The molecule has 3 aromatic carbocycles. The Hall–Kier alpha value is -2.72. The second kappa shape index (κ2) is 12.3. The average Bonchev–Trinajstić information content (AvgIpc) is 2.81. The molecule has 0 spiro atoms. The van der Waals surface area contributed by atoms with Gasteiger partial charge in [0.1, 0.15) is 0 Å². The molecule has 0 aliphatic heterocycles. The van der Waals surface area contributed by atoms with Crippen LogP contribution in [0.5, 0.6) is 0 Å². The summed E-state index contributed by atoms with van der Waals surface area (Å²) in [4.78, 5) is 24.5. The molecule has 0 unspecified atom stereocenters. The largest absolute Gasteiger partial charge is 0.466 e. The fraction of sp³-hybridized carbons (Fsp3) is 0.200. The second-order valence-corrected chi connectivity index (χ2v) is 10.8. The number of sulfonamides is 1. The van der Waals surface area contributed by atoms with Crippen LogP contribution in [0, 0.1) is 0 Å². The lowest BCUT2D eigenvalue weighted by atomic mass is 10.1. The van der Waals surface area contributed by atoms with Crippen molar-refractivity contribution in [2.45, 2.75) is 24.8 Å². The third kappa shape index (κ3) is 7.63. The minimum absolute atomic E-state index is 0.0591. The average molecular weight is 580 g/mol. The van der Waals surface area contributed by atoms with Gasteiger partial charge in [-0.3, -0.25) is 9.59 Å². The fourth-order valence-electron chi connectivity index (χ4n) is 3.24. The molecule has 10 heteroatoms. The quantitative estimate of drug-likeness (QED) is 0.340. The van der Waals surface area contributed by atoms with Crippen LogP contribution in [0.3, 0.4) is 0 Å². The zero-order valence-electron chi connectivity index (χ0n) is 18.9. The lowest BCUT2D eigenvalue weighted by molar-refractivity contribution is -0.142. The Morgan fingerprint density at radius 3 is 2.29 bits per heavy atom. The highest BCUT2D eigenvalue weighted by atomic mass is 79.9. The van der Waals surface area contributed by atoms with Crippen molar-refractivity contribution < 1.29 is 22.7 Å². The van der Waals surface area contributed by atoms with E-state index in [1.165, 1.54) is 12.1 Å². The molecule has 0 fully saturated rings. The first-order chi connectivity index (χ1) is 16.7. The molecule has 0 aliphatic rings. The maximum atomic E-state index is 13.4. The standard InChI is InChI=1S/C25H24BrClN2O5S/c1-2-34-25(31)15-18-7-11-21(12-8-18)28-24(30)17-29(16-19-5-3-4-6-23(19)27)35(32,33)22-13-9-20(26)10-14-22/h3-14H,2,15-17H2,1H3,(H,28,30). The Balaban J connectivity index is 1.78. The van der Waals surface area contributed by atoms with Gasteiger partial charge in [-0.2, -0.15) is 4.31 Å². The summed E-state index contributed by atoms with van der Waals surface area (Å²) in [6, 6.07) is 19.8. The molecular formula is C25H24BrClN2O5S. The van der Waals surface area contributed by atoms with Gasteiger partial charge in [0, 0.05) is 21.7 Å². The Morgan fingerprint density at radius 2 is 1.66 bits per heavy atom. The van der Waals surface area contributed by atoms with Crippen molar-refractivity contribution in [2.24, 2.45) is 0 Å². The fourth-order valence-corrected chi connectivity index (χ4v) is 5.08. The van der Waals surface area contributed by atoms with E-state index in [4.69, 9.17) is 16.3 Å². The highest BCUT2D eigenvalue weighted by Crippen LogP contribution is 2.24. The molecule has 0 radical (unpaired) electrons. The third-order valence-electron chi connectivity index (χ3n) is 4.97. The monoisotopic (exact) mass is 578 g/mol. The van der Waals surface area contributed by atoms with Crippen molar-refractivity contribution in [3.05, 3.63) is 93.4 Å². The number of ether oxygens (including phenoxy) is 1. The molecule has 0 heterocycles. The summed E-state index contributed by atoms with van der Waals surface area (Å²) in [5, 5.41) is 3.11. The minimum atomic E-state index is -4.00. The van der Waals surface area contributed by atoms with Crippen LogP contribution in [0.4, 0.5) is 5.69 Å². The van der Waals surface area contributed by atoms with Crippen LogP contribution in [0.25, 0.3) is 0 Å². The molecule has 1 amide bonds. The molecule has 0 atom stereocenters. The summed E-state index contributed by atoms with van der Waals surface area (Å²) < 4.78 is 33.5. The van der Waals surface area contributed by atoms with Crippen molar-refractivity contribution in [1.82, 2.24) is 4.31 Å². The van der Waals surface area contributed by atoms with Gasteiger partial charge in [0.25, 0.3) is 0 Å². The molecule has 184 valence electrons. The van der Waals surface area contributed by atoms with Gasteiger partial charge in [-0.15, -0.1) is 0 Å².